The first-order chi connectivity index (χ1) is 6.57. The van der Waals surface area contributed by atoms with Crippen molar-refractivity contribution >= 4 is 5.69 Å². The van der Waals surface area contributed by atoms with Crippen molar-refractivity contribution in [3.05, 3.63) is 46.4 Å². The van der Waals surface area contributed by atoms with Crippen molar-refractivity contribution in [2.24, 2.45) is 0 Å². The quantitative estimate of drug-likeness (QED) is 0.591. The third-order valence-electron chi connectivity index (χ3n) is 2.03. The van der Waals surface area contributed by atoms with Gasteiger partial charge in [-0.25, -0.2) is 0 Å². The lowest BCUT2D eigenvalue weighted by Gasteiger charge is -2.08. The van der Waals surface area contributed by atoms with E-state index in [0.29, 0.717) is 11.1 Å². The third-order valence-corrected chi connectivity index (χ3v) is 2.03. The number of benzene rings is 1. The van der Waals surface area contributed by atoms with Gasteiger partial charge in [-0.15, -0.1) is 0 Å². The Morgan fingerprint density at radius 3 is 2.71 bits per heavy atom. The van der Waals surface area contributed by atoms with E-state index in [0.717, 1.165) is 0 Å². The number of hydrogen-bond acceptors (Lipinski definition) is 3. The van der Waals surface area contributed by atoms with Crippen LogP contribution in [0.25, 0.3) is 0 Å². The number of nitro groups is 1. The van der Waals surface area contributed by atoms with Crippen LogP contribution < -0.4 is 0 Å². The third kappa shape index (κ3) is 1.90. The molecule has 75 valence electrons. The minimum atomic E-state index is -0.470. The molecule has 0 aliphatic carbocycles. The fourth-order valence-electron chi connectivity index (χ4n) is 1.36. The van der Waals surface area contributed by atoms with Gasteiger partial charge in [0.2, 0.25) is 0 Å². The molecule has 1 atom stereocenters. The molecule has 1 aromatic carbocycles. The van der Waals surface area contributed by atoms with Crippen LogP contribution in [0.2, 0.25) is 0 Å². The molecular weight excluding hydrogens is 182 g/mol. The molecule has 0 amide bonds. The van der Waals surface area contributed by atoms with Gasteiger partial charge in [-0.2, -0.15) is 0 Å². The number of aliphatic hydroxyl groups excluding tert-OH is 1. The summed E-state index contributed by atoms with van der Waals surface area (Å²) in [6, 6.07) is 4.90. The average Bonchev–Trinajstić information content (AvgIpc) is 2.16. The minimum Gasteiger partial charge on any atom is -0.391 e. The topological polar surface area (TPSA) is 63.4 Å². The molecule has 14 heavy (non-hydrogen) atoms. The van der Waals surface area contributed by atoms with E-state index in [-0.39, 0.29) is 18.2 Å². The fraction of sp³-hybridized carbons (Fsp3) is 0.300. The summed E-state index contributed by atoms with van der Waals surface area (Å²) in [5.41, 5.74) is 0.877. The maximum absolute atomic E-state index is 10.8. The lowest BCUT2D eigenvalue weighted by atomic mass is 9.98. The van der Waals surface area contributed by atoms with E-state index in [4.69, 9.17) is 5.11 Å². The number of nitrogens with zero attached hydrogens (tertiary/aromatic N) is 1. The van der Waals surface area contributed by atoms with E-state index >= 15 is 0 Å². The normalized spacial score (nSPS) is 10.6. The second kappa shape index (κ2) is 4.19. The molecular formula is C10H12NO3. The molecule has 4 nitrogen and oxygen atoms in total. The molecule has 1 N–H and O–H groups in total. The molecule has 1 aromatic rings. The smallest absolute Gasteiger partial charge is 0.278 e. The Kier molecular flexibility index (Phi) is 3.19. The van der Waals surface area contributed by atoms with Gasteiger partial charge in [0.05, 0.1) is 17.1 Å². The molecule has 0 heterocycles. The number of rotatable bonds is 3. The average molecular weight is 194 g/mol. The van der Waals surface area contributed by atoms with Crippen molar-refractivity contribution < 1.29 is 10.0 Å². The van der Waals surface area contributed by atoms with Crippen LogP contribution in [0.4, 0.5) is 5.69 Å². The lowest BCUT2D eigenvalue weighted by Crippen LogP contribution is -2.01. The van der Waals surface area contributed by atoms with Crippen LogP contribution in [0.1, 0.15) is 24.0 Å². The monoisotopic (exact) mass is 194 g/mol. The van der Waals surface area contributed by atoms with E-state index in [1.807, 2.05) is 0 Å². The van der Waals surface area contributed by atoms with Gasteiger partial charge in [-0.1, -0.05) is 19.1 Å². The Morgan fingerprint density at radius 1 is 1.64 bits per heavy atom. The summed E-state index contributed by atoms with van der Waals surface area (Å²) in [5.74, 6) is -0.165. The van der Waals surface area contributed by atoms with Gasteiger partial charge in [0, 0.05) is 5.56 Å². The van der Waals surface area contributed by atoms with E-state index in [2.05, 4.69) is 6.92 Å². The van der Waals surface area contributed by atoms with Gasteiger partial charge in [0.25, 0.3) is 5.69 Å². The number of para-hydroxylation sites is 1. The summed E-state index contributed by atoms with van der Waals surface area (Å²) in [6.45, 7) is 5.20. The van der Waals surface area contributed by atoms with Gasteiger partial charge in [0.15, 0.2) is 0 Å². The van der Waals surface area contributed by atoms with Crippen LogP contribution in [0, 0.1) is 17.0 Å². The van der Waals surface area contributed by atoms with Crippen molar-refractivity contribution in [3.63, 3.8) is 0 Å². The van der Waals surface area contributed by atoms with E-state index < -0.39 is 4.92 Å². The van der Waals surface area contributed by atoms with Crippen molar-refractivity contribution in [1.29, 1.82) is 0 Å². The molecule has 0 aliphatic heterocycles. The first-order valence-corrected chi connectivity index (χ1v) is 4.28. The second-order valence-corrected chi connectivity index (χ2v) is 3.17. The van der Waals surface area contributed by atoms with Crippen LogP contribution in [0.15, 0.2) is 18.2 Å². The Hall–Kier alpha value is -1.42. The Balaban J connectivity index is 3.35. The van der Waals surface area contributed by atoms with Gasteiger partial charge in [0.1, 0.15) is 0 Å². The molecule has 0 bridgehead atoms. The molecule has 0 saturated carbocycles. The maximum atomic E-state index is 10.8. The van der Waals surface area contributed by atoms with Crippen LogP contribution in [-0.4, -0.2) is 10.0 Å². The summed E-state index contributed by atoms with van der Waals surface area (Å²) in [6.07, 6.45) is 0. The highest BCUT2D eigenvalue weighted by Gasteiger charge is 2.20. The van der Waals surface area contributed by atoms with Gasteiger partial charge in [-0.05, 0) is 18.9 Å². The summed E-state index contributed by atoms with van der Waals surface area (Å²) in [7, 11) is 0. The molecule has 4 heteroatoms. The highest BCUT2D eigenvalue weighted by atomic mass is 16.6. The Morgan fingerprint density at radius 2 is 2.29 bits per heavy atom. The minimum absolute atomic E-state index is 0.0162. The maximum Gasteiger partial charge on any atom is 0.278 e. The summed E-state index contributed by atoms with van der Waals surface area (Å²) in [4.78, 5) is 10.3. The van der Waals surface area contributed by atoms with Gasteiger partial charge < -0.3 is 5.11 Å². The molecule has 0 aliphatic rings. The molecule has 0 fully saturated rings. The predicted molar refractivity (Wildman–Crippen MR) is 52.8 cm³/mol. The van der Waals surface area contributed by atoms with Crippen molar-refractivity contribution in [2.45, 2.75) is 19.4 Å². The highest BCUT2D eigenvalue weighted by molar-refractivity contribution is 5.49. The van der Waals surface area contributed by atoms with Crippen molar-refractivity contribution in [2.75, 3.05) is 0 Å². The van der Waals surface area contributed by atoms with E-state index in [1.165, 1.54) is 0 Å². The highest BCUT2D eigenvalue weighted by Crippen LogP contribution is 2.29. The van der Waals surface area contributed by atoms with Crippen molar-refractivity contribution in [1.82, 2.24) is 0 Å². The zero-order valence-corrected chi connectivity index (χ0v) is 7.93. The van der Waals surface area contributed by atoms with Crippen LogP contribution in [-0.2, 0) is 6.61 Å². The first kappa shape index (κ1) is 10.7. The lowest BCUT2D eigenvalue weighted by molar-refractivity contribution is -0.386. The molecule has 0 aromatic heterocycles. The first-order valence-electron chi connectivity index (χ1n) is 4.28. The van der Waals surface area contributed by atoms with E-state index in [1.54, 1.807) is 25.1 Å². The SMILES string of the molecule is [CH2]C(C)c1cccc(CO)c1[N+](=O)[O-]. The zero-order chi connectivity index (χ0) is 10.7. The fourth-order valence-corrected chi connectivity index (χ4v) is 1.36. The van der Waals surface area contributed by atoms with Crippen LogP contribution >= 0.6 is 0 Å². The largest absolute Gasteiger partial charge is 0.391 e. The summed E-state index contributed by atoms with van der Waals surface area (Å²) in [5, 5.41) is 19.7. The molecule has 0 saturated heterocycles. The number of aliphatic hydroxyl groups is 1. The molecule has 0 spiro atoms. The molecule has 1 radical (unpaired) electrons. The van der Waals surface area contributed by atoms with Crippen molar-refractivity contribution in [3.8, 4) is 0 Å². The van der Waals surface area contributed by atoms with E-state index in [9.17, 15) is 10.1 Å². The predicted octanol–water partition coefficient (Wildman–Crippen LogP) is 2.02. The summed E-state index contributed by atoms with van der Waals surface area (Å²) < 4.78 is 0. The van der Waals surface area contributed by atoms with Crippen LogP contribution in [0.3, 0.4) is 0 Å². The zero-order valence-electron chi connectivity index (χ0n) is 7.93. The molecule has 1 unspecified atom stereocenters. The second-order valence-electron chi connectivity index (χ2n) is 3.17. The standard InChI is InChI=1S/C10H12NO3/c1-7(2)9-5-3-4-8(6-12)10(9)11(13)14/h3-5,7,12H,1,6H2,2H3. The summed E-state index contributed by atoms with van der Waals surface area (Å²) >= 11 is 0. The Bertz CT molecular complexity index is 347. The van der Waals surface area contributed by atoms with Gasteiger partial charge >= 0.3 is 0 Å². The number of hydrogen-bond donors (Lipinski definition) is 1. The number of nitro benzene ring substituents is 1. The Labute approximate surface area is 82.3 Å². The molecule has 1 rings (SSSR count). The van der Waals surface area contributed by atoms with Crippen LogP contribution in [0.5, 0.6) is 0 Å². The van der Waals surface area contributed by atoms with Gasteiger partial charge in [-0.3, -0.25) is 10.1 Å².